The monoisotopic (exact) mass is 355 g/mol. The highest BCUT2D eigenvalue weighted by Gasteiger charge is 2.32. The first-order chi connectivity index (χ1) is 12.8. The average Bonchev–Trinajstić information content (AvgIpc) is 2.65. The third-order valence-electron chi connectivity index (χ3n) is 4.28. The number of carbonyl (C=O) groups excluding carboxylic acids is 1. The fourth-order valence-electron chi connectivity index (χ4n) is 2.77. The summed E-state index contributed by atoms with van der Waals surface area (Å²) in [6, 6.07) is 11.7. The molecule has 1 aliphatic rings. The number of aryl methyl sites for hydroxylation is 1. The van der Waals surface area contributed by atoms with Crippen LogP contribution in [0.5, 0.6) is 11.5 Å². The third-order valence-corrected chi connectivity index (χ3v) is 4.28. The van der Waals surface area contributed by atoms with Gasteiger partial charge in [0, 0.05) is 12.7 Å². The Balaban J connectivity index is 1.30. The summed E-state index contributed by atoms with van der Waals surface area (Å²) in [6.45, 7) is 4.48. The molecular weight excluding hydrogens is 330 g/mol. The molecule has 6 heteroatoms. The molecule has 1 aromatic carbocycles. The Bertz CT molecular complexity index is 702. The van der Waals surface area contributed by atoms with Gasteiger partial charge in [-0.3, -0.25) is 4.98 Å². The van der Waals surface area contributed by atoms with Crippen molar-refractivity contribution in [3.05, 3.63) is 54.4 Å². The molecule has 1 N–H and O–H groups in total. The number of hydrogen-bond acceptors (Lipinski definition) is 4. The van der Waals surface area contributed by atoms with Gasteiger partial charge in [-0.15, -0.1) is 0 Å². The molecule has 1 aromatic heterocycles. The van der Waals surface area contributed by atoms with E-state index in [1.807, 2.05) is 30.3 Å². The highest BCUT2D eigenvalue weighted by molar-refractivity contribution is 5.75. The Morgan fingerprint density at radius 2 is 2.12 bits per heavy atom. The first-order valence-corrected chi connectivity index (χ1v) is 9.06. The molecule has 0 saturated carbocycles. The molecule has 138 valence electrons. The van der Waals surface area contributed by atoms with E-state index in [4.69, 9.17) is 9.47 Å². The van der Waals surface area contributed by atoms with Crippen LogP contribution in [0, 0.1) is 0 Å². The van der Waals surface area contributed by atoms with E-state index in [9.17, 15) is 4.79 Å². The summed E-state index contributed by atoms with van der Waals surface area (Å²) in [7, 11) is 0. The summed E-state index contributed by atoms with van der Waals surface area (Å²) in [5.41, 5.74) is 1.20. The van der Waals surface area contributed by atoms with E-state index in [1.54, 1.807) is 17.3 Å². The van der Waals surface area contributed by atoms with Crippen LogP contribution in [-0.4, -0.2) is 48.3 Å². The van der Waals surface area contributed by atoms with E-state index in [0.717, 1.165) is 24.3 Å². The first-order valence-electron chi connectivity index (χ1n) is 9.06. The van der Waals surface area contributed by atoms with Crippen molar-refractivity contribution < 1.29 is 14.3 Å². The number of urea groups is 1. The summed E-state index contributed by atoms with van der Waals surface area (Å²) >= 11 is 0. The molecule has 2 heterocycles. The molecule has 0 radical (unpaired) electrons. The lowest BCUT2D eigenvalue weighted by Gasteiger charge is -2.39. The molecular formula is C20H25N3O3. The standard InChI is InChI=1S/C20H25N3O3/c1-2-16-7-3-4-9-19(16)26-18-14-23(15-18)20(24)22-11-6-12-25-17-8-5-10-21-13-17/h3-5,7-10,13,18H,2,6,11-12,14-15H2,1H3,(H,22,24). The quantitative estimate of drug-likeness (QED) is 0.740. The molecule has 2 amide bonds. The van der Waals surface area contributed by atoms with Crippen molar-refractivity contribution in [3.63, 3.8) is 0 Å². The summed E-state index contributed by atoms with van der Waals surface area (Å²) in [4.78, 5) is 17.8. The second-order valence-electron chi connectivity index (χ2n) is 6.23. The van der Waals surface area contributed by atoms with Crippen molar-refractivity contribution in [2.45, 2.75) is 25.9 Å². The van der Waals surface area contributed by atoms with Gasteiger partial charge in [-0.1, -0.05) is 25.1 Å². The van der Waals surface area contributed by atoms with E-state index >= 15 is 0 Å². The predicted octanol–water partition coefficient (Wildman–Crippen LogP) is 2.89. The highest BCUT2D eigenvalue weighted by atomic mass is 16.5. The number of amides is 2. The number of benzene rings is 1. The molecule has 1 fully saturated rings. The molecule has 0 spiro atoms. The zero-order chi connectivity index (χ0) is 18.2. The zero-order valence-electron chi connectivity index (χ0n) is 15.1. The van der Waals surface area contributed by atoms with Crippen molar-refractivity contribution >= 4 is 6.03 Å². The molecule has 26 heavy (non-hydrogen) atoms. The second kappa shape index (κ2) is 9.08. The van der Waals surface area contributed by atoms with Gasteiger partial charge < -0.3 is 19.7 Å². The lowest BCUT2D eigenvalue weighted by atomic mass is 10.1. The van der Waals surface area contributed by atoms with Crippen molar-refractivity contribution in [1.29, 1.82) is 0 Å². The van der Waals surface area contributed by atoms with Crippen molar-refractivity contribution in [3.8, 4) is 11.5 Å². The van der Waals surface area contributed by atoms with E-state index in [2.05, 4.69) is 23.3 Å². The van der Waals surface area contributed by atoms with E-state index in [0.29, 0.717) is 26.2 Å². The fourth-order valence-corrected chi connectivity index (χ4v) is 2.77. The van der Waals surface area contributed by atoms with Crippen molar-refractivity contribution in [1.82, 2.24) is 15.2 Å². The average molecular weight is 355 g/mol. The van der Waals surface area contributed by atoms with E-state index in [1.165, 1.54) is 5.56 Å². The van der Waals surface area contributed by atoms with Crippen LogP contribution in [0.2, 0.25) is 0 Å². The van der Waals surface area contributed by atoms with Crippen LogP contribution < -0.4 is 14.8 Å². The minimum atomic E-state index is -0.0463. The van der Waals surface area contributed by atoms with Crippen LogP contribution in [0.4, 0.5) is 4.79 Å². The first kappa shape index (κ1) is 18.0. The number of carbonyl (C=O) groups is 1. The largest absolute Gasteiger partial charge is 0.492 e. The highest BCUT2D eigenvalue weighted by Crippen LogP contribution is 2.22. The minimum Gasteiger partial charge on any atom is -0.492 e. The maximum absolute atomic E-state index is 12.1. The predicted molar refractivity (Wildman–Crippen MR) is 99.6 cm³/mol. The van der Waals surface area contributed by atoms with Crippen LogP contribution in [0.15, 0.2) is 48.8 Å². The van der Waals surface area contributed by atoms with E-state index < -0.39 is 0 Å². The lowest BCUT2D eigenvalue weighted by molar-refractivity contribution is 0.0438. The van der Waals surface area contributed by atoms with Gasteiger partial charge in [0.1, 0.15) is 17.6 Å². The Morgan fingerprint density at radius 1 is 1.27 bits per heavy atom. The molecule has 6 nitrogen and oxygen atoms in total. The Kier molecular flexibility index (Phi) is 6.30. The number of rotatable bonds is 8. The number of nitrogens with one attached hydrogen (secondary N) is 1. The number of hydrogen-bond donors (Lipinski definition) is 1. The van der Waals surface area contributed by atoms with Gasteiger partial charge >= 0.3 is 6.03 Å². The fraction of sp³-hybridized carbons (Fsp3) is 0.400. The van der Waals surface area contributed by atoms with Crippen LogP contribution >= 0.6 is 0 Å². The number of pyridine rings is 1. The van der Waals surface area contributed by atoms with Crippen molar-refractivity contribution in [2.75, 3.05) is 26.2 Å². The van der Waals surface area contributed by atoms with Crippen LogP contribution in [-0.2, 0) is 6.42 Å². The summed E-state index contributed by atoms with van der Waals surface area (Å²) in [5.74, 6) is 1.67. The summed E-state index contributed by atoms with van der Waals surface area (Å²) in [6.07, 6.45) is 5.14. The third kappa shape index (κ3) is 4.88. The maximum Gasteiger partial charge on any atom is 0.317 e. The van der Waals surface area contributed by atoms with Crippen LogP contribution in [0.1, 0.15) is 18.9 Å². The molecule has 3 rings (SSSR count). The maximum atomic E-state index is 12.1. The number of aromatic nitrogens is 1. The molecule has 1 aliphatic heterocycles. The van der Waals surface area contributed by atoms with E-state index in [-0.39, 0.29) is 12.1 Å². The van der Waals surface area contributed by atoms with Crippen LogP contribution in [0.25, 0.3) is 0 Å². The van der Waals surface area contributed by atoms with Gasteiger partial charge in [-0.25, -0.2) is 4.79 Å². The Morgan fingerprint density at radius 3 is 2.88 bits per heavy atom. The molecule has 0 unspecified atom stereocenters. The lowest BCUT2D eigenvalue weighted by Crippen LogP contribution is -2.59. The molecule has 1 saturated heterocycles. The van der Waals surface area contributed by atoms with Gasteiger partial charge in [0.2, 0.25) is 0 Å². The smallest absolute Gasteiger partial charge is 0.317 e. The number of para-hydroxylation sites is 1. The molecule has 0 aliphatic carbocycles. The van der Waals surface area contributed by atoms with Gasteiger partial charge in [0.25, 0.3) is 0 Å². The SMILES string of the molecule is CCc1ccccc1OC1CN(C(=O)NCCCOc2cccnc2)C1. The number of nitrogens with zero attached hydrogens (tertiary/aromatic N) is 2. The molecule has 0 bridgehead atoms. The zero-order valence-corrected chi connectivity index (χ0v) is 15.1. The van der Waals surface area contributed by atoms with Gasteiger partial charge in [-0.2, -0.15) is 0 Å². The van der Waals surface area contributed by atoms with Crippen LogP contribution in [0.3, 0.4) is 0 Å². The topological polar surface area (TPSA) is 63.7 Å². The molecule has 0 atom stereocenters. The van der Waals surface area contributed by atoms with Gasteiger partial charge in [-0.05, 0) is 36.6 Å². The van der Waals surface area contributed by atoms with Crippen molar-refractivity contribution in [2.24, 2.45) is 0 Å². The normalized spacial score (nSPS) is 13.8. The summed E-state index contributed by atoms with van der Waals surface area (Å²) in [5, 5.41) is 2.91. The minimum absolute atomic E-state index is 0.0463. The summed E-state index contributed by atoms with van der Waals surface area (Å²) < 4.78 is 11.5. The second-order valence-corrected chi connectivity index (χ2v) is 6.23. The Hall–Kier alpha value is -2.76. The molecule has 2 aromatic rings. The van der Waals surface area contributed by atoms with Gasteiger partial charge in [0.15, 0.2) is 0 Å². The number of likely N-dealkylation sites (tertiary alicyclic amines) is 1. The number of ether oxygens (including phenoxy) is 2. The Labute approximate surface area is 154 Å². The van der Waals surface area contributed by atoms with Gasteiger partial charge in [0.05, 0.1) is 25.9 Å².